The number of nitrogens with one attached hydrogen (secondary N) is 2. The van der Waals surface area contributed by atoms with Crippen molar-refractivity contribution in [1.82, 2.24) is 10.6 Å². The van der Waals surface area contributed by atoms with Gasteiger partial charge in [0.05, 0.1) is 12.0 Å². The Labute approximate surface area is 121 Å². The fourth-order valence-electron chi connectivity index (χ4n) is 2.75. The van der Waals surface area contributed by atoms with E-state index < -0.39 is 5.41 Å². The third kappa shape index (κ3) is 5.12. The van der Waals surface area contributed by atoms with Gasteiger partial charge in [-0.1, -0.05) is 19.3 Å². The molecular weight excluding hydrogens is 256 g/mol. The molecule has 1 amide bonds. The highest BCUT2D eigenvalue weighted by atomic mass is 16.5. The average molecular weight is 284 g/mol. The number of amides is 1. The molecule has 0 saturated heterocycles. The third-order valence-corrected chi connectivity index (χ3v) is 3.97. The van der Waals surface area contributed by atoms with Crippen LogP contribution in [-0.2, 0) is 14.3 Å². The van der Waals surface area contributed by atoms with Gasteiger partial charge in [-0.2, -0.15) is 0 Å². The van der Waals surface area contributed by atoms with E-state index in [0.29, 0.717) is 19.6 Å². The topological polar surface area (TPSA) is 67.4 Å². The van der Waals surface area contributed by atoms with Crippen molar-refractivity contribution in [2.45, 2.75) is 51.9 Å². The van der Waals surface area contributed by atoms with Crippen LogP contribution in [0.3, 0.4) is 0 Å². The predicted octanol–water partition coefficient (Wildman–Crippen LogP) is 1.62. The van der Waals surface area contributed by atoms with Crippen molar-refractivity contribution in [3.8, 4) is 0 Å². The van der Waals surface area contributed by atoms with Gasteiger partial charge in [0.25, 0.3) is 0 Å². The molecule has 0 heterocycles. The molecule has 20 heavy (non-hydrogen) atoms. The molecule has 0 aromatic rings. The van der Waals surface area contributed by atoms with Crippen molar-refractivity contribution in [3.63, 3.8) is 0 Å². The van der Waals surface area contributed by atoms with E-state index in [0.717, 1.165) is 45.1 Å². The zero-order valence-corrected chi connectivity index (χ0v) is 12.8. The lowest BCUT2D eigenvalue weighted by molar-refractivity contribution is -0.157. The highest BCUT2D eigenvalue weighted by molar-refractivity contribution is 5.80. The molecule has 0 aliphatic heterocycles. The quantitative estimate of drug-likeness (QED) is 0.525. The molecule has 116 valence electrons. The second-order valence-electron chi connectivity index (χ2n) is 5.55. The van der Waals surface area contributed by atoms with Crippen molar-refractivity contribution in [1.29, 1.82) is 0 Å². The fourth-order valence-corrected chi connectivity index (χ4v) is 2.75. The van der Waals surface area contributed by atoms with Gasteiger partial charge in [-0.25, -0.2) is 0 Å². The van der Waals surface area contributed by atoms with Gasteiger partial charge in [0.2, 0.25) is 5.91 Å². The molecule has 0 radical (unpaired) electrons. The molecule has 0 unspecified atom stereocenters. The smallest absolute Gasteiger partial charge is 0.313 e. The van der Waals surface area contributed by atoms with Gasteiger partial charge in [0.15, 0.2) is 0 Å². The van der Waals surface area contributed by atoms with Crippen LogP contribution in [-0.4, -0.2) is 38.6 Å². The zero-order chi connectivity index (χ0) is 14.8. The molecule has 1 aliphatic rings. The largest absolute Gasteiger partial charge is 0.466 e. The van der Waals surface area contributed by atoms with Gasteiger partial charge in [-0.15, -0.1) is 0 Å². The second kappa shape index (κ2) is 8.95. The van der Waals surface area contributed by atoms with Gasteiger partial charge in [-0.3, -0.25) is 9.59 Å². The van der Waals surface area contributed by atoms with Crippen LogP contribution in [0.15, 0.2) is 0 Å². The van der Waals surface area contributed by atoms with Gasteiger partial charge < -0.3 is 15.4 Å². The van der Waals surface area contributed by atoms with E-state index in [1.165, 1.54) is 0 Å². The molecule has 1 aliphatic carbocycles. The van der Waals surface area contributed by atoms with Crippen LogP contribution >= 0.6 is 0 Å². The molecule has 0 spiro atoms. The van der Waals surface area contributed by atoms with E-state index in [1.54, 1.807) is 0 Å². The number of hydrogen-bond donors (Lipinski definition) is 2. The summed E-state index contributed by atoms with van der Waals surface area (Å²) < 4.78 is 5.22. The minimum absolute atomic E-state index is 0.0227. The maximum atomic E-state index is 12.2. The molecule has 5 heteroatoms. The number of esters is 1. The molecule has 1 fully saturated rings. The molecule has 2 N–H and O–H groups in total. The zero-order valence-electron chi connectivity index (χ0n) is 12.8. The van der Waals surface area contributed by atoms with Crippen LogP contribution < -0.4 is 10.6 Å². The summed E-state index contributed by atoms with van der Waals surface area (Å²) in [5.74, 6) is -0.121. The molecule has 0 bridgehead atoms. The average Bonchev–Trinajstić information content (AvgIpc) is 2.47. The summed E-state index contributed by atoms with van der Waals surface area (Å²) in [6, 6.07) is 0. The Morgan fingerprint density at radius 1 is 1.20 bits per heavy atom. The van der Waals surface area contributed by atoms with Crippen molar-refractivity contribution in [2.24, 2.45) is 5.41 Å². The Balaban J connectivity index is 2.48. The van der Waals surface area contributed by atoms with Crippen LogP contribution in [0, 0.1) is 5.41 Å². The van der Waals surface area contributed by atoms with E-state index in [4.69, 9.17) is 4.74 Å². The fraction of sp³-hybridized carbons (Fsp3) is 0.867. The van der Waals surface area contributed by atoms with E-state index >= 15 is 0 Å². The highest BCUT2D eigenvalue weighted by Crippen LogP contribution is 2.37. The standard InChI is InChI=1S/C15H28N2O3/c1-3-20-14(19)15(9-5-4-6-10-15)12-17-13(18)8-7-11-16-2/h16H,3-12H2,1-2H3,(H,17,18). The molecule has 5 nitrogen and oxygen atoms in total. The van der Waals surface area contributed by atoms with Crippen LogP contribution in [0.1, 0.15) is 51.9 Å². The Morgan fingerprint density at radius 2 is 1.90 bits per heavy atom. The number of carbonyl (C=O) groups is 2. The first-order valence-corrected chi connectivity index (χ1v) is 7.73. The van der Waals surface area contributed by atoms with Crippen LogP contribution in [0.5, 0.6) is 0 Å². The highest BCUT2D eigenvalue weighted by Gasteiger charge is 2.41. The van der Waals surface area contributed by atoms with Crippen molar-refractivity contribution >= 4 is 11.9 Å². The first kappa shape index (κ1) is 17.0. The lowest BCUT2D eigenvalue weighted by Gasteiger charge is -2.34. The molecule has 0 atom stereocenters. The maximum Gasteiger partial charge on any atom is 0.313 e. The van der Waals surface area contributed by atoms with Crippen molar-refractivity contribution in [2.75, 3.05) is 26.7 Å². The van der Waals surface area contributed by atoms with Crippen molar-refractivity contribution < 1.29 is 14.3 Å². The first-order valence-electron chi connectivity index (χ1n) is 7.73. The number of carbonyl (C=O) groups excluding carboxylic acids is 2. The Bertz CT molecular complexity index is 312. The third-order valence-electron chi connectivity index (χ3n) is 3.97. The van der Waals surface area contributed by atoms with E-state index in [1.807, 2.05) is 14.0 Å². The number of hydrogen-bond acceptors (Lipinski definition) is 4. The van der Waals surface area contributed by atoms with Crippen LogP contribution in [0.2, 0.25) is 0 Å². The van der Waals surface area contributed by atoms with E-state index in [2.05, 4.69) is 10.6 Å². The SMILES string of the molecule is CCOC(=O)C1(CNC(=O)CCCNC)CCCCC1. The number of ether oxygens (including phenoxy) is 1. The molecule has 1 saturated carbocycles. The Hall–Kier alpha value is -1.10. The Morgan fingerprint density at radius 3 is 2.50 bits per heavy atom. The van der Waals surface area contributed by atoms with Crippen LogP contribution in [0.25, 0.3) is 0 Å². The molecule has 1 rings (SSSR count). The predicted molar refractivity (Wildman–Crippen MR) is 78.3 cm³/mol. The monoisotopic (exact) mass is 284 g/mol. The summed E-state index contributed by atoms with van der Waals surface area (Å²) in [4.78, 5) is 24.0. The molecular formula is C15H28N2O3. The van der Waals surface area contributed by atoms with Crippen molar-refractivity contribution in [3.05, 3.63) is 0 Å². The minimum Gasteiger partial charge on any atom is -0.466 e. The second-order valence-corrected chi connectivity index (χ2v) is 5.55. The molecule has 0 aromatic heterocycles. The number of rotatable bonds is 8. The van der Waals surface area contributed by atoms with E-state index in [-0.39, 0.29) is 11.9 Å². The minimum atomic E-state index is -0.493. The summed E-state index contributed by atoms with van der Waals surface area (Å²) in [7, 11) is 1.87. The lowest BCUT2D eigenvalue weighted by atomic mass is 9.74. The van der Waals surface area contributed by atoms with Gasteiger partial charge in [-0.05, 0) is 39.8 Å². The summed E-state index contributed by atoms with van der Waals surface area (Å²) >= 11 is 0. The van der Waals surface area contributed by atoms with Gasteiger partial charge >= 0.3 is 5.97 Å². The lowest BCUT2D eigenvalue weighted by Crippen LogP contribution is -2.45. The summed E-state index contributed by atoms with van der Waals surface area (Å²) in [6.45, 7) is 3.47. The van der Waals surface area contributed by atoms with Gasteiger partial charge in [0.1, 0.15) is 0 Å². The summed E-state index contributed by atoms with van der Waals surface area (Å²) in [5.41, 5.74) is -0.493. The summed E-state index contributed by atoms with van der Waals surface area (Å²) in [6.07, 6.45) is 6.19. The van der Waals surface area contributed by atoms with Gasteiger partial charge in [0, 0.05) is 13.0 Å². The first-order chi connectivity index (χ1) is 9.64. The summed E-state index contributed by atoms with van der Waals surface area (Å²) in [5, 5.41) is 5.94. The normalized spacial score (nSPS) is 17.5. The maximum absolute atomic E-state index is 12.2. The Kier molecular flexibility index (Phi) is 7.59. The van der Waals surface area contributed by atoms with Crippen LogP contribution in [0.4, 0.5) is 0 Å². The van der Waals surface area contributed by atoms with E-state index in [9.17, 15) is 9.59 Å². The molecule has 0 aromatic carbocycles.